The molecule has 4 aromatic rings. The number of benzene rings is 4. The summed E-state index contributed by atoms with van der Waals surface area (Å²) < 4.78 is 33.4. The minimum Gasteiger partial charge on any atom is -0.494 e. The molecule has 324 valence electrons. The van der Waals surface area contributed by atoms with Gasteiger partial charge in [-0.2, -0.15) is 0 Å². The maximum atomic E-state index is 12.6. The van der Waals surface area contributed by atoms with Crippen molar-refractivity contribution in [3.05, 3.63) is 108 Å². The maximum absolute atomic E-state index is 12.6. The molecule has 0 heterocycles. The van der Waals surface area contributed by atoms with Gasteiger partial charge in [0.2, 0.25) is 0 Å². The molecule has 10 heteroatoms. The molecule has 0 atom stereocenters. The Morgan fingerprint density at radius 2 is 0.717 bits per heavy atom. The van der Waals surface area contributed by atoms with Crippen LogP contribution in [0.25, 0.3) is 0 Å². The fourth-order valence-corrected chi connectivity index (χ4v) is 7.13. The molecule has 60 heavy (non-hydrogen) atoms. The first-order valence-corrected chi connectivity index (χ1v) is 21.6. The number of rotatable bonds is 16. The van der Waals surface area contributed by atoms with Crippen LogP contribution in [-0.4, -0.2) is 37.1 Å². The molecule has 2 saturated carbocycles. The van der Waals surface area contributed by atoms with Crippen molar-refractivity contribution in [1.29, 1.82) is 0 Å². The van der Waals surface area contributed by atoms with Gasteiger partial charge in [-0.25, -0.2) is 0 Å². The minimum absolute atomic E-state index is 0. The van der Waals surface area contributed by atoms with E-state index in [-0.39, 0.29) is 50.4 Å². The Morgan fingerprint density at radius 1 is 0.433 bits per heavy atom. The van der Waals surface area contributed by atoms with Gasteiger partial charge in [0, 0.05) is 2.85 Å². The molecule has 0 bridgehead atoms. The predicted octanol–water partition coefficient (Wildman–Crippen LogP) is 11.5. The number of carbonyl (C=O) groups excluding carboxylic acids is 4. The zero-order valence-electron chi connectivity index (χ0n) is 35.5. The summed E-state index contributed by atoms with van der Waals surface area (Å²) in [6.07, 6.45) is 9.23. The Balaban J connectivity index is 0.000000330. The minimum atomic E-state index is -0.245. The summed E-state index contributed by atoms with van der Waals surface area (Å²) in [6.45, 7) is 9.43. The van der Waals surface area contributed by atoms with Crippen LogP contribution >= 0.6 is 0 Å². The number of aryl methyl sites for hydroxylation is 2. The van der Waals surface area contributed by atoms with Crippen molar-refractivity contribution in [3.63, 3.8) is 0 Å². The van der Waals surface area contributed by atoms with Crippen LogP contribution < -0.4 is 28.4 Å². The largest absolute Gasteiger partial charge is 0.494 e. The molecule has 0 spiro atoms. The first-order valence-electron chi connectivity index (χ1n) is 21.6. The van der Waals surface area contributed by atoms with E-state index in [1.54, 1.807) is 36.4 Å². The van der Waals surface area contributed by atoms with Gasteiger partial charge < -0.3 is 28.4 Å². The third-order valence-corrected chi connectivity index (χ3v) is 11.0. The normalized spacial score (nSPS) is 18.5. The number of unbranched alkanes of at least 4 members (excludes halogenated alkanes) is 2. The average molecular weight is 825 g/mol. The Bertz CT molecular complexity index is 1830. The predicted molar refractivity (Wildman–Crippen MR) is 234 cm³/mol. The summed E-state index contributed by atoms with van der Waals surface area (Å²) in [5.41, 5.74) is 1.88. The van der Waals surface area contributed by atoms with Crippen molar-refractivity contribution in [2.24, 2.45) is 23.7 Å². The lowest BCUT2D eigenvalue weighted by atomic mass is 9.82. The Hall–Kier alpha value is -5.64. The topological polar surface area (TPSA) is 124 Å². The lowest BCUT2D eigenvalue weighted by Gasteiger charge is -2.26. The van der Waals surface area contributed by atoms with Crippen molar-refractivity contribution in [2.45, 2.75) is 105 Å². The van der Waals surface area contributed by atoms with Gasteiger partial charge in [0.1, 0.15) is 34.5 Å². The molecule has 6 rings (SSSR count). The third kappa shape index (κ3) is 14.3. The number of para-hydroxylation sites is 2. The van der Waals surface area contributed by atoms with Crippen molar-refractivity contribution in [3.8, 4) is 34.5 Å². The van der Waals surface area contributed by atoms with E-state index in [4.69, 9.17) is 28.4 Å². The Labute approximate surface area is 357 Å². The summed E-state index contributed by atoms with van der Waals surface area (Å²) in [7, 11) is 0. The Kier molecular flexibility index (Phi) is 18.0. The van der Waals surface area contributed by atoms with Crippen molar-refractivity contribution >= 4 is 23.9 Å². The fraction of sp³-hybridized carbons (Fsp3) is 0.440. The number of carbonyl (C=O) groups is 4. The van der Waals surface area contributed by atoms with Crippen LogP contribution in [0.5, 0.6) is 34.5 Å². The second-order valence-corrected chi connectivity index (χ2v) is 15.7. The van der Waals surface area contributed by atoms with Gasteiger partial charge in [-0.05, 0) is 150 Å². The third-order valence-electron chi connectivity index (χ3n) is 11.0. The molecule has 0 N–H and O–H groups in total. The van der Waals surface area contributed by atoms with Gasteiger partial charge in [-0.3, -0.25) is 19.2 Å². The second kappa shape index (κ2) is 23.8. The van der Waals surface area contributed by atoms with E-state index in [0.29, 0.717) is 87.6 Å². The van der Waals surface area contributed by atoms with E-state index in [0.717, 1.165) is 48.3 Å². The lowest BCUT2D eigenvalue weighted by Crippen LogP contribution is -2.30. The van der Waals surface area contributed by atoms with Gasteiger partial charge in [0.25, 0.3) is 0 Å². The van der Waals surface area contributed by atoms with Crippen molar-refractivity contribution in [2.75, 3.05) is 13.2 Å². The number of ether oxygens (including phenoxy) is 6. The van der Waals surface area contributed by atoms with Gasteiger partial charge in [-0.1, -0.05) is 63.1 Å². The number of esters is 4. The monoisotopic (exact) mass is 824 g/mol. The van der Waals surface area contributed by atoms with Crippen LogP contribution in [0.1, 0.15) is 105 Å². The molecule has 2 aliphatic carbocycles. The van der Waals surface area contributed by atoms with Gasteiger partial charge in [0.05, 0.1) is 36.9 Å². The summed E-state index contributed by atoms with van der Waals surface area (Å²) in [5.74, 6) is 2.16. The molecule has 0 amide bonds. The molecule has 0 aromatic heterocycles. The molecular weight excluding hydrogens is 761 g/mol. The standard InChI is InChI=1S/C28H36O6.C22H24O4.2H2/c1-3-5-19-31-23-11-15-25(16-12-23)33-27(29)21-7-9-22(10-8-21)28(30)34-26-17-13-24(14-18-26)32-20-6-4-2;1-15-7-3-5-9-19(15)25-21(23)17-11-13-18(14-12-17)22(24)26-20-10-6-4-8-16(20)2;;/h11-18,21-22H,3-10,19-20H2,1-2H3;3-10,17-18H,11-14H2,1-2H3;2*1H. The van der Waals surface area contributed by atoms with Crippen LogP contribution in [0, 0.1) is 37.5 Å². The van der Waals surface area contributed by atoms with E-state index >= 15 is 0 Å². The van der Waals surface area contributed by atoms with Crippen LogP contribution in [0.2, 0.25) is 0 Å². The van der Waals surface area contributed by atoms with Crippen LogP contribution in [0.3, 0.4) is 0 Å². The van der Waals surface area contributed by atoms with Crippen molar-refractivity contribution < 1.29 is 50.5 Å². The first-order chi connectivity index (χ1) is 29.1. The Morgan fingerprint density at radius 3 is 1.02 bits per heavy atom. The van der Waals surface area contributed by atoms with E-state index in [2.05, 4.69) is 13.8 Å². The summed E-state index contributed by atoms with van der Waals surface area (Å²) in [5, 5.41) is 0. The molecule has 2 fully saturated rings. The SMILES string of the molecule is CCCCOc1ccc(OC(=O)C2CCC(C(=O)Oc3ccc(OCCCC)cc3)CC2)cc1.Cc1ccccc1OC(=O)C1CCC(C(=O)Oc2ccccc2C)CC1.[HH].[HH]. The van der Waals surface area contributed by atoms with Crippen molar-refractivity contribution in [1.82, 2.24) is 0 Å². The van der Waals surface area contributed by atoms with Gasteiger partial charge >= 0.3 is 23.9 Å². The first kappa shape index (κ1) is 45.4. The fourth-order valence-electron chi connectivity index (χ4n) is 7.13. The highest BCUT2D eigenvalue weighted by atomic mass is 16.5. The van der Waals surface area contributed by atoms with Crippen LogP contribution in [-0.2, 0) is 19.2 Å². The highest BCUT2D eigenvalue weighted by molar-refractivity contribution is 5.79. The zero-order valence-corrected chi connectivity index (χ0v) is 35.5. The smallest absolute Gasteiger partial charge is 0.314 e. The van der Waals surface area contributed by atoms with E-state index in [1.165, 1.54) is 0 Å². The highest BCUT2D eigenvalue weighted by Crippen LogP contribution is 2.34. The van der Waals surface area contributed by atoms with Crippen LogP contribution in [0.15, 0.2) is 97.1 Å². The molecule has 0 unspecified atom stereocenters. The number of hydrogen-bond donors (Lipinski definition) is 0. The lowest BCUT2D eigenvalue weighted by molar-refractivity contribution is -0.145. The molecule has 2 aliphatic rings. The van der Waals surface area contributed by atoms with E-state index in [9.17, 15) is 19.2 Å². The molecule has 0 saturated heterocycles. The molecule has 10 nitrogen and oxygen atoms in total. The van der Waals surface area contributed by atoms with Crippen LogP contribution in [0.4, 0.5) is 0 Å². The highest BCUT2D eigenvalue weighted by Gasteiger charge is 2.33. The van der Waals surface area contributed by atoms with Gasteiger partial charge in [-0.15, -0.1) is 0 Å². The number of hydrogen-bond acceptors (Lipinski definition) is 10. The van der Waals surface area contributed by atoms with E-state index in [1.807, 2.05) is 74.5 Å². The molecule has 4 aromatic carbocycles. The van der Waals surface area contributed by atoms with E-state index < -0.39 is 0 Å². The second-order valence-electron chi connectivity index (χ2n) is 15.7. The molecule has 0 radical (unpaired) electrons. The summed E-state index contributed by atoms with van der Waals surface area (Å²) in [6, 6.07) is 29.3. The molecular formula is C50H64O10. The quantitative estimate of drug-likeness (QED) is 0.0612. The molecule has 0 aliphatic heterocycles. The average Bonchev–Trinajstić information content (AvgIpc) is 3.27. The summed E-state index contributed by atoms with van der Waals surface area (Å²) in [4.78, 5) is 49.9. The summed E-state index contributed by atoms with van der Waals surface area (Å²) >= 11 is 0. The maximum Gasteiger partial charge on any atom is 0.314 e. The zero-order chi connectivity index (χ0) is 42.7. The van der Waals surface area contributed by atoms with Gasteiger partial charge in [0.15, 0.2) is 0 Å².